The lowest BCUT2D eigenvalue weighted by Gasteiger charge is -2.08. The van der Waals surface area contributed by atoms with Crippen LogP contribution in [0.2, 0.25) is 0 Å². The lowest BCUT2D eigenvalue weighted by Crippen LogP contribution is -2.14. The molecule has 96 valence electrons. The lowest BCUT2D eigenvalue weighted by atomic mass is 10.2. The predicted octanol–water partition coefficient (Wildman–Crippen LogP) is 2.80. The number of nitrogens with zero attached hydrogens (tertiary/aromatic N) is 1. The van der Waals surface area contributed by atoms with Gasteiger partial charge < -0.3 is 10.1 Å². The summed E-state index contributed by atoms with van der Waals surface area (Å²) in [6.45, 7) is 1.54. The van der Waals surface area contributed by atoms with E-state index in [1.54, 1.807) is 13.3 Å². The summed E-state index contributed by atoms with van der Waals surface area (Å²) in [7, 11) is 1.69. The Hall–Kier alpha value is -1.58. The molecule has 1 heterocycles. The van der Waals surface area contributed by atoms with E-state index in [0.717, 1.165) is 30.1 Å². The monoisotopic (exact) mass is 264 g/mol. The molecule has 2 aromatic rings. The average Bonchev–Trinajstić information content (AvgIpc) is 2.40. The van der Waals surface area contributed by atoms with Gasteiger partial charge in [0, 0.05) is 24.8 Å². The second-order valence-corrected chi connectivity index (χ2v) is 3.74. The predicted molar refractivity (Wildman–Crippen MR) is 75.0 cm³/mol. The number of aromatic nitrogens is 1. The molecule has 18 heavy (non-hydrogen) atoms. The molecule has 0 aliphatic carbocycles. The molecule has 0 amide bonds. The van der Waals surface area contributed by atoms with Gasteiger partial charge >= 0.3 is 0 Å². The van der Waals surface area contributed by atoms with Gasteiger partial charge in [-0.3, -0.25) is 4.98 Å². The normalized spacial score (nSPS) is 9.61. The second kappa shape index (κ2) is 7.69. The SMILES string of the molecule is COc1ccccc1CNCc1ccccn1.Cl. The fourth-order valence-electron chi connectivity index (χ4n) is 1.68. The first kappa shape index (κ1) is 14.5. The third-order valence-corrected chi connectivity index (χ3v) is 2.54. The molecule has 0 fully saturated rings. The third kappa shape index (κ3) is 4.02. The van der Waals surface area contributed by atoms with Crippen LogP contribution >= 0.6 is 12.4 Å². The molecular formula is C14H17ClN2O. The van der Waals surface area contributed by atoms with Gasteiger partial charge in [-0.1, -0.05) is 24.3 Å². The maximum absolute atomic E-state index is 5.29. The molecule has 0 saturated carbocycles. The summed E-state index contributed by atoms with van der Waals surface area (Å²) in [5, 5.41) is 3.35. The van der Waals surface area contributed by atoms with Crippen molar-refractivity contribution in [2.45, 2.75) is 13.1 Å². The Kier molecular flexibility index (Phi) is 6.19. The van der Waals surface area contributed by atoms with Gasteiger partial charge in [-0.15, -0.1) is 12.4 Å². The van der Waals surface area contributed by atoms with Crippen molar-refractivity contribution in [3.8, 4) is 5.75 Å². The highest BCUT2D eigenvalue weighted by atomic mass is 35.5. The highest BCUT2D eigenvalue weighted by Gasteiger charge is 2.00. The van der Waals surface area contributed by atoms with Crippen molar-refractivity contribution in [1.29, 1.82) is 0 Å². The first-order chi connectivity index (χ1) is 8.40. The molecule has 0 bridgehead atoms. The van der Waals surface area contributed by atoms with Crippen LogP contribution in [0.25, 0.3) is 0 Å². The molecule has 4 heteroatoms. The number of ether oxygens (including phenoxy) is 1. The number of rotatable bonds is 5. The highest BCUT2D eigenvalue weighted by Crippen LogP contribution is 2.16. The third-order valence-electron chi connectivity index (χ3n) is 2.54. The molecular weight excluding hydrogens is 248 g/mol. The molecule has 0 aliphatic heterocycles. The maximum atomic E-state index is 5.29. The summed E-state index contributed by atoms with van der Waals surface area (Å²) in [6, 6.07) is 13.9. The molecule has 1 aromatic carbocycles. The van der Waals surface area contributed by atoms with Gasteiger partial charge in [-0.25, -0.2) is 0 Å². The summed E-state index contributed by atoms with van der Waals surface area (Å²) in [6.07, 6.45) is 1.81. The zero-order chi connectivity index (χ0) is 11.9. The van der Waals surface area contributed by atoms with Crippen molar-refractivity contribution in [3.05, 3.63) is 59.9 Å². The molecule has 0 atom stereocenters. The molecule has 0 aliphatic rings. The number of halogens is 1. The van der Waals surface area contributed by atoms with Crippen molar-refractivity contribution in [2.24, 2.45) is 0 Å². The quantitative estimate of drug-likeness (QED) is 0.902. The van der Waals surface area contributed by atoms with Crippen molar-refractivity contribution in [3.63, 3.8) is 0 Å². The van der Waals surface area contributed by atoms with Gasteiger partial charge in [0.1, 0.15) is 5.75 Å². The number of pyridine rings is 1. The van der Waals surface area contributed by atoms with Crippen LogP contribution in [0, 0.1) is 0 Å². The van der Waals surface area contributed by atoms with E-state index in [4.69, 9.17) is 4.74 Å². The van der Waals surface area contributed by atoms with E-state index in [-0.39, 0.29) is 12.4 Å². The first-order valence-corrected chi connectivity index (χ1v) is 5.62. The maximum Gasteiger partial charge on any atom is 0.123 e. The van der Waals surface area contributed by atoms with Crippen LogP contribution in [0.1, 0.15) is 11.3 Å². The Labute approximate surface area is 114 Å². The fourth-order valence-corrected chi connectivity index (χ4v) is 1.68. The minimum atomic E-state index is 0. The number of para-hydroxylation sites is 1. The second-order valence-electron chi connectivity index (χ2n) is 3.74. The summed E-state index contributed by atoms with van der Waals surface area (Å²) in [5.41, 5.74) is 2.20. The fraction of sp³-hybridized carbons (Fsp3) is 0.214. The Bertz CT molecular complexity index is 462. The zero-order valence-electron chi connectivity index (χ0n) is 10.3. The minimum Gasteiger partial charge on any atom is -0.496 e. The van der Waals surface area contributed by atoms with E-state index in [2.05, 4.69) is 16.4 Å². The van der Waals surface area contributed by atoms with Gasteiger partial charge in [-0.2, -0.15) is 0 Å². The number of methoxy groups -OCH3 is 1. The molecule has 0 radical (unpaired) electrons. The summed E-state index contributed by atoms with van der Waals surface area (Å²) in [5.74, 6) is 0.918. The summed E-state index contributed by atoms with van der Waals surface area (Å²) < 4.78 is 5.29. The van der Waals surface area contributed by atoms with Crippen LogP contribution < -0.4 is 10.1 Å². The van der Waals surface area contributed by atoms with Crippen LogP contribution in [-0.2, 0) is 13.1 Å². The molecule has 0 spiro atoms. The smallest absolute Gasteiger partial charge is 0.123 e. The van der Waals surface area contributed by atoms with Crippen molar-refractivity contribution >= 4 is 12.4 Å². The summed E-state index contributed by atoms with van der Waals surface area (Å²) >= 11 is 0. The summed E-state index contributed by atoms with van der Waals surface area (Å²) in [4.78, 5) is 4.26. The molecule has 3 nitrogen and oxygen atoms in total. The van der Waals surface area contributed by atoms with Crippen molar-refractivity contribution in [1.82, 2.24) is 10.3 Å². The van der Waals surface area contributed by atoms with E-state index in [9.17, 15) is 0 Å². The van der Waals surface area contributed by atoms with Crippen LogP contribution in [0.4, 0.5) is 0 Å². The number of hydrogen-bond donors (Lipinski definition) is 1. The van der Waals surface area contributed by atoms with Gasteiger partial charge in [0.2, 0.25) is 0 Å². The van der Waals surface area contributed by atoms with Crippen LogP contribution in [0.5, 0.6) is 5.75 Å². The lowest BCUT2D eigenvalue weighted by molar-refractivity contribution is 0.407. The number of benzene rings is 1. The van der Waals surface area contributed by atoms with Gasteiger partial charge in [0.15, 0.2) is 0 Å². The first-order valence-electron chi connectivity index (χ1n) is 5.62. The van der Waals surface area contributed by atoms with E-state index in [1.165, 1.54) is 0 Å². The van der Waals surface area contributed by atoms with Crippen molar-refractivity contribution < 1.29 is 4.74 Å². The Balaban J connectivity index is 0.00000162. The molecule has 1 N–H and O–H groups in total. The zero-order valence-corrected chi connectivity index (χ0v) is 11.1. The van der Waals surface area contributed by atoms with Gasteiger partial charge in [0.05, 0.1) is 12.8 Å². The van der Waals surface area contributed by atoms with Crippen molar-refractivity contribution in [2.75, 3.05) is 7.11 Å². The van der Waals surface area contributed by atoms with E-state index in [1.807, 2.05) is 36.4 Å². The number of hydrogen-bond acceptors (Lipinski definition) is 3. The average molecular weight is 265 g/mol. The Morgan fingerprint density at radius 2 is 1.83 bits per heavy atom. The largest absolute Gasteiger partial charge is 0.496 e. The van der Waals surface area contributed by atoms with E-state index < -0.39 is 0 Å². The Morgan fingerprint density at radius 3 is 2.56 bits per heavy atom. The van der Waals surface area contributed by atoms with Gasteiger partial charge in [-0.05, 0) is 18.2 Å². The van der Waals surface area contributed by atoms with Crippen LogP contribution in [0.3, 0.4) is 0 Å². The molecule has 1 aromatic heterocycles. The standard InChI is InChI=1S/C14H16N2O.ClH/c1-17-14-8-3-2-6-12(14)10-15-11-13-7-4-5-9-16-13;/h2-9,15H,10-11H2,1H3;1H. The van der Waals surface area contributed by atoms with Crippen LogP contribution in [-0.4, -0.2) is 12.1 Å². The van der Waals surface area contributed by atoms with E-state index in [0.29, 0.717) is 0 Å². The minimum absolute atomic E-state index is 0. The highest BCUT2D eigenvalue weighted by molar-refractivity contribution is 5.85. The molecule has 0 unspecified atom stereocenters. The van der Waals surface area contributed by atoms with E-state index >= 15 is 0 Å². The van der Waals surface area contributed by atoms with Crippen LogP contribution in [0.15, 0.2) is 48.7 Å². The number of nitrogens with one attached hydrogen (secondary N) is 1. The molecule has 0 saturated heterocycles. The molecule has 2 rings (SSSR count). The van der Waals surface area contributed by atoms with Gasteiger partial charge in [0.25, 0.3) is 0 Å². The Morgan fingerprint density at radius 1 is 1.06 bits per heavy atom. The topological polar surface area (TPSA) is 34.1 Å².